The summed E-state index contributed by atoms with van der Waals surface area (Å²) < 4.78 is 5.15. The van der Waals surface area contributed by atoms with E-state index in [1.807, 2.05) is 24.3 Å². The summed E-state index contributed by atoms with van der Waals surface area (Å²) >= 11 is 0. The number of ketones is 1. The van der Waals surface area contributed by atoms with Gasteiger partial charge in [-0.15, -0.1) is 0 Å². The fourth-order valence-electron chi connectivity index (χ4n) is 1.89. The van der Waals surface area contributed by atoms with Crippen LogP contribution in [0, 0.1) is 0 Å². The van der Waals surface area contributed by atoms with Gasteiger partial charge in [0.1, 0.15) is 11.5 Å². The van der Waals surface area contributed by atoms with Crippen molar-refractivity contribution in [2.45, 2.75) is 25.2 Å². The zero-order valence-electron chi connectivity index (χ0n) is 8.54. The van der Waals surface area contributed by atoms with Gasteiger partial charge in [-0.3, -0.25) is 4.79 Å². The molecular weight excluding hydrogens is 176 g/mol. The van der Waals surface area contributed by atoms with Crippen LogP contribution in [0.4, 0.5) is 0 Å². The van der Waals surface area contributed by atoms with Crippen LogP contribution >= 0.6 is 0 Å². The van der Waals surface area contributed by atoms with Crippen molar-refractivity contribution in [3.05, 3.63) is 29.8 Å². The summed E-state index contributed by atoms with van der Waals surface area (Å²) in [5.74, 6) is 1.10. The molecule has 0 spiro atoms. The van der Waals surface area contributed by atoms with Gasteiger partial charge < -0.3 is 4.74 Å². The topological polar surface area (TPSA) is 26.3 Å². The second-order valence-electron chi connectivity index (χ2n) is 3.87. The first-order chi connectivity index (χ1) is 6.69. The summed E-state index contributed by atoms with van der Waals surface area (Å²) in [5.41, 5.74) is 0.915. The third-order valence-electron chi connectivity index (χ3n) is 3.05. The summed E-state index contributed by atoms with van der Waals surface area (Å²) in [6.07, 6.45) is 1.96. The van der Waals surface area contributed by atoms with E-state index >= 15 is 0 Å². The number of hydrogen-bond donors (Lipinski definition) is 0. The zero-order valence-corrected chi connectivity index (χ0v) is 8.54. The van der Waals surface area contributed by atoms with Gasteiger partial charge in [-0.05, 0) is 37.5 Å². The van der Waals surface area contributed by atoms with Crippen molar-refractivity contribution in [2.75, 3.05) is 7.11 Å². The Kier molecular flexibility index (Phi) is 2.06. The van der Waals surface area contributed by atoms with Gasteiger partial charge in [0.2, 0.25) is 0 Å². The number of Topliss-reactive ketones (excluding diaryl/α,β-unsaturated/α-hetero) is 1. The Bertz CT molecular complexity index is 364. The molecule has 1 fully saturated rings. The largest absolute Gasteiger partial charge is 0.497 e. The molecule has 0 N–H and O–H groups in total. The van der Waals surface area contributed by atoms with Crippen molar-refractivity contribution in [1.29, 1.82) is 0 Å². The molecule has 0 radical (unpaired) electrons. The van der Waals surface area contributed by atoms with Gasteiger partial charge in [-0.1, -0.05) is 12.1 Å². The summed E-state index contributed by atoms with van der Waals surface area (Å²) in [6.45, 7) is 1.67. The minimum absolute atomic E-state index is 0.186. The van der Waals surface area contributed by atoms with Crippen molar-refractivity contribution in [2.24, 2.45) is 0 Å². The van der Waals surface area contributed by atoms with Crippen LogP contribution in [-0.2, 0) is 10.2 Å². The van der Waals surface area contributed by atoms with Crippen LogP contribution in [0.5, 0.6) is 5.75 Å². The Morgan fingerprint density at radius 3 is 2.64 bits per heavy atom. The van der Waals surface area contributed by atoms with Crippen LogP contribution in [0.3, 0.4) is 0 Å². The van der Waals surface area contributed by atoms with Gasteiger partial charge >= 0.3 is 0 Å². The molecule has 1 aliphatic carbocycles. The molecule has 2 heteroatoms. The number of ether oxygens (including phenoxy) is 1. The molecule has 74 valence electrons. The van der Waals surface area contributed by atoms with E-state index in [0.29, 0.717) is 0 Å². The monoisotopic (exact) mass is 190 g/mol. The molecule has 1 aliphatic rings. The Morgan fingerprint density at radius 2 is 2.14 bits per heavy atom. The van der Waals surface area contributed by atoms with Crippen molar-refractivity contribution in [3.8, 4) is 5.75 Å². The highest BCUT2D eigenvalue weighted by molar-refractivity contribution is 5.91. The van der Waals surface area contributed by atoms with Gasteiger partial charge in [-0.2, -0.15) is 0 Å². The molecule has 1 saturated carbocycles. The number of rotatable bonds is 3. The standard InChI is InChI=1S/C12H14O2/c1-9(13)12(6-7-12)10-4-3-5-11(8-10)14-2/h3-5,8H,6-7H2,1-2H3. The van der Waals surface area contributed by atoms with Gasteiger partial charge in [-0.25, -0.2) is 0 Å². The number of carbonyl (C=O) groups is 1. The lowest BCUT2D eigenvalue weighted by molar-refractivity contribution is -0.119. The fourth-order valence-corrected chi connectivity index (χ4v) is 1.89. The molecule has 0 bridgehead atoms. The minimum atomic E-state index is -0.186. The molecule has 2 rings (SSSR count). The van der Waals surface area contributed by atoms with E-state index in [4.69, 9.17) is 4.74 Å². The number of benzene rings is 1. The van der Waals surface area contributed by atoms with Crippen molar-refractivity contribution >= 4 is 5.78 Å². The van der Waals surface area contributed by atoms with Crippen molar-refractivity contribution < 1.29 is 9.53 Å². The number of carbonyl (C=O) groups excluding carboxylic acids is 1. The lowest BCUT2D eigenvalue weighted by atomic mass is 9.92. The minimum Gasteiger partial charge on any atom is -0.497 e. The van der Waals surface area contributed by atoms with E-state index < -0.39 is 0 Å². The summed E-state index contributed by atoms with van der Waals surface area (Å²) in [5, 5.41) is 0. The van der Waals surface area contributed by atoms with E-state index in [-0.39, 0.29) is 11.2 Å². The average Bonchev–Trinajstić information content (AvgIpc) is 2.98. The van der Waals surface area contributed by atoms with Gasteiger partial charge in [0, 0.05) is 0 Å². The fraction of sp³-hybridized carbons (Fsp3) is 0.417. The van der Waals surface area contributed by atoms with Crippen molar-refractivity contribution in [1.82, 2.24) is 0 Å². The Morgan fingerprint density at radius 1 is 1.43 bits per heavy atom. The smallest absolute Gasteiger partial charge is 0.140 e. The maximum atomic E-state index is 11.5. The highest BCUT2D eigenvalue weighted by Crippen LogP contribution is 2.49. The van der Waals surface area contributed by atoms with Crippen LogP contribution in [0.1, 0.15) is 25.3 Å². The summed E-state index contributed by atoms with van der Waals surface area (Å²) in [7, 11) is 1.65. The lowest BCUT2D eigenvalue weighted by Crippen LogP contribution is -2.16. The molecule has 0 atom stereocenters. The second kappa shape index (κ2) is 3.12. The molecule has 0 aliphatic heterocycles. The predicted molar refractivity (Wildman–Crippen MR) is 54.6 cm³/mol. The molecule has 0 unspecified atom stereocenters. The summed E-state index contributed by atoms with van der Waals surface area (Å²) in [4.78, 5) is 11.5. The lowest BCUT2D eigenvalue weighted by Gasteiger charge is -2.12. The van der Waals surface area contributed by atoms with E-state index in [1.165, 1.54) is 0 Å². The quantitative estimate of drug-likeness (QED) is 0.731. The van der Waals surface area contributed by atoms with E-state index in [9.17, 15) is 4.79 Å². The average molecular weight is 190 g/mol. The van der Waals surface area contributed by atoms with Gasteiger partial charge in [0.15, 0.2) is 0 Å². The van der Waals surface area contributed by atoms with Crippen LogP contribution in [0.2, 0.25) is 0 Å². The molecule has 14 heavy (non-hydrogen) atoms. The first-order valence-electron chi connectivity index (χ1n) is 4.84. The van der Waals surface area contributed by atoms with Gasteiger partial charge in [0.05, 0.1) is 12.5 Å². The molecule has 0 amide bonds. The maximum Gasteiger partial charge on any atom is 0.140 e. The zero-order chi connectivity index (χ0) is 10.2. The molecular formula is C12H14O2. The molecule has 0 saturated heterocycles. The summed E-state index contributed by atoms with van der Waals surface area (Å²) in [6, 6.07) is 7.82. The molecule has 1 aromatic rings. The Balaban J connectivity index is 2.37. The Labute approximate surface area is 83.9 Å². The Hall–Kier alpha value is -1.31. The molecule has 1 aromatic carbocycles. The molecule has 0 aromatic heterocycles. The highest BCUT2D eigenvalue weighted by atomic mass is 16.5. The third kappa shape index (κ3) is 1.31. The maximum absolute atomic E-state index is 11.5. The van der Waals surface area contributed by atoms with Crippen LogP contribution in [0.25, 0.3) is 0 Å². The second-order valence-corrected chi connectivity index (χ2v) is 3.87. The highest BCUT2D eigenvalue weighted by Gasteiger charge is 2.48. The van der Waals surface area contributed by atoms with Crippen LogP contribution in [0.15, 0.2) is 24.3 Å². The first kappa shape index (κ1) is 9.25. The number of methoxy groups -OCH3 is 1. The van der Waals surface area contributed by atoms with Crippen LogP contribution < -0.4 is 4.74 Å². The normalized spacial score (nSPS) is 17.6. The predicted octanol–water partition coefficient (Wildman–Crippen LogP) is 2.32. The van der Waals surface area contributed by atoms with Crippen LogP contribution in [-0.4, -0.2) is 12.9 Å². The van der Waals surface area contributed by atoms with E-state index in [0.717, 1.165) is 24.2 Å². The SMILES string of the molecule is COc1cccc(C2(C(C)=O)CC2)c1. The third-order valence-corrected chi connectivity index (χ3v) is 3.05. The van der Waals surface area contributed by atoms with Crippen molar-refractivity contribution in [3.63, 3.8) is 0 Å². The van der Waals surface area contributed by atoms with E-state index in [2.05, 4.69) is 0 Å². The molecule has 0 heterocycles. The van der Waals surface area contributed by atoms with Gasteiger partial charge in [0.25, 0.3) is 0 Å². The molecule has 2 nitrogen and oxygen atoms in total. The van der Waals surface area contributed by atoms with E-state index in [1.54, 1.807) is 14.0 Å². The number of hydrogen-bond acceptors (Lipinski definition) is 2. The first-order valence-corrected chi connectivity index (χ1v) is 4.84.